The summed E-state index contributed by atoms with van der Waals surface area (Å²) >= 11 is 2.26. The zero-order valence-corrected chi connectivity index (χ0v) is 10.9. The van der Waals surface area contributed by atoms with Crippen molar-refractivity contribution >= 4 is 33.4 Å². The predicted molar refractivity (Wildman–Crippen MR) is 71.3 cm³/mol. The second-order valence-electron chi connectivity index (χ2n) is 3.82. The number of aromatic nitrogens is 1. The highest BCUT2D eigenvalue weighted by atomic mass is 127. The van der Waals surface area contributed by atoms with Gasteiger partial charge >= 0.3 is 0 Å². The molecule has 0 bridgehead atoms. The van der Waals surface area contributed by atoms with E-state index in [9.17, 15) is 4.79 Å². The first-order valence-electron chi connectivity index (χ1n) is 4.90. The standard InChI is InChI=1S/C12H12INO/c1-8(2)14-7-6-9-10(12(14)15)4-3-5-11(9)13/h3-8H,1-2H3. The Bertz CT molecular complexity index is 557. The van der Waals surface area contributed by atoms with E-state index in [4.69, 9.17) is 0 Å². The summed E-state index contributed by atoms with van der Waals surface area (Å²) in [5.41, 5.74) is 0.0982. The van der Waals surface area contributed by atoms with Gasteiger partial charge in [-0.2, -0.15) is 0 Å². The van der Waals surface area contributed by atoms with Crippen molar-refractivity contribution in [2.24, 2.45) is 0 Å². The molecule has 2 nitrogen and oxygen atoms in total. The van der Waals surface area contributed by atoms with Crippen LogP contribution in [0, 0.1) is 3.57 Å². The van der Waals surface area contributed by atoms with E-state index >= 15 is 0 Å². The van der Waals surface area contributed by atoms with Gasteiger partial charge in [-0.15, -0.1) is 0 Å². The van der Waals surface area contributed by atoms with Crippen LogP contribution in [0.4, 0.5) is 0 Å². The van der Waals surface area contributed by atoms with Crippen LogP contribution in [0.3, 0.4) is 0 Å². The summed E-state index contributed by atoms with van der Waals surface area (Å²) in [5.74, 6) is 0. The molecule has 15 heavy (non-hydrogen) atoms. The first kappa shape index (κ1) is 10.7. The molecular weight excluding hydrogens is 301 g/mol. The molecule has 1 heterocycles. The van der Waals surface area contributed by atoms with Gasteiger partial charge in [0.15, 0.2) is 0 Å². The Labute approximate surface area is 102 Å². The van der Waals surface area contributed by atoms with E-state index in [1.165, 1.54) is 0 Å². The Morgan fingerprint density at radius 1 is 1.20 bits per heavy atom. The molecule has 0 amide bonds. The first-order chi connectivity index (χ1) is 7.11. The molecule has 0 N–H and O–H groups in total. The number of fused-ring (bicyclic) bond motifs is 1. The van der Waals surface area contributed by atoms with E-state index in [2.05, 4.69) is 22.6 Å². The van der Waals surface area contributed by atoms with Crippen LogP contribution in [0.25, 0.3) is 10.8 Å². The maximum atomic E-state index is 12.1. The number of hydrogen-bond acceptors (Lipinski definition) is 1. The molecule has 0 aliphatic heterocycles. The smallest absolute Gasteiger partial charge is 0.258 e. The van der Waals surface area contributed by atoms with Gasteiger partial charge in [-0.05, 0) is 54.6 Å². The normalized spacial score (nSPS) is 11.2. The first-order valence-corrected chi connectivity index (χ1v) is 5.98. The Morgan fingerprint density at radius 3 is 2.60 bits per heavy atom. The van der Waals surface area contributed by atoms with Crippen molar-refractivity contribution in [2.45, 2.75) is 19.9 Å². The zero-order chi connectivity index (χ0) is 11.0. The van der Waals surface area contributed by atoms with Gasteiger partial charge < -0.3 is 4.57 Å². The van der Waals surface area contributed by atoms with Crippen molar-refractivity contribution < 1.29 is 0 Å². The monoisotopic (exact) mass is 313 g/mol. The van der Waals surface area contributed by atoms with Crippen LogP contribution in [0.5, 0.6) is 0 Å². The number of hydrogen-bond donors (Lipinski definition) is 0. The Balaban J connectivity index is 2.86. The molecule has 0 unspecified atom stereocenters. The van der Waals surface area contributed by atoms with Crippen LogP contribution < -0.4 is 5.56 Å². The van der Waals surface area contributed by atoms with Crippen LogP contribution in [-0.4, -0.2) is 4.57 Å². The molecule has 1 aromatic heterocycles. The molecule has 2 aromatic rings. The van der Waals surface area contributed by atoms with Crippen LogP contribution >= 0.6 is 22.6 Å². The minimum atomic E-state index is 0.0982. The number of benzene rings is 1. The number of halogens is 1. The molecule has 0 saturated heterocycles. The van der Waals surface area contributed by atoms with Crippen molar-refractivity contribution in [1.29, 1.82) is 0 Å². The van der Waals surface area contributed by atoms with E-state index in [1.54, 1.807) is 4.57 Å². The van der Waals surface area contributed by atoms with Crippen LogP contribution in [0.1, 0.15) is 19.9 Å². The van der Waals surface area contributed by atoms with Crippen LogP contribution in [0.2, 0.25) is 0 Å². The average molecular weight is 313 g/mol. The highest BCUT2D eigenvalue weighted by Gasteiger charge is 2.06. The van der Waals surface area contributed by atoms with Crippen molar-refractivity contribution in [3.63, 3.8) is 0 Å². The van der Waals surface area contributed by atoms with Crippen molar-refractivity contribution in [3.05, 3.63) is 44.4 Å². The molecule has 0 saturated carbocycles. The molecule has 0 aliphatic rings. The van der Waals surface area contributed by atoms with Crippen LogP contribution in [-0.2, 0) is 0 Å². The number of rotatable bonds is 1. The van der Waals surface area contributed by atoms with Gasteiger partial charge in [0.25, 0.3) is 5.56 Å². The fourth-order valence-electron chi connectivity index (χ4n) is 1.66. The lowest BCUT2D eigenvalue weighted by Gasteiger charge is -2.10. The van der Waals surface area contributed by atoms with Gasteiger partial charge in [0.05, 0.1) is 0 Å². The summed E-state index contributed by atoms with van der Waals surface area (Å²) in [5, 5.41) is 1.85. The summed E-state index contributed by atoms with van der Waals surface area (Å²) in [6, 6.07) is 8.05. The third kappa shape index (κ3) is 1.80. The number of pyridine rings is 1. The van der Waals surface area contributed by atoms with E-state index in [0.29, 0.717) is 0 Å². The van der Waals surface area contributed by atoms with Crippen molar-refractivity contribution in [1.82, 2.24) is 4.57 Å². The van der Waals surface area contributed by atoms with Gasteiger partial charge in [0.1, 0.15) is 0 Å². The highest BCUT2D eigenvalue weighted by Crippen LogP contribution is 2.17. The average Bonchev–Trinajstić information content (AvgIpc) is 2.19. The quantitative estimate of drug-likeness (QED) is 0.741. The molecule has 2 rings (SSSR count). The molecule has 0 atom stereocenters. The summed E-state index contributed by atoms with van der Waals surface area (Å²) < 4.78 is 2.89. The van der Waals surface area contributed by atoms with E-state index < -0.39 is 0 Å². The predicted octanol–water partition coefficient (Wildman–Crippen LogP) is 3.19. The molecule has 0 spiro atoms. The Hall–Kier alpha value is -0.840. The SMILES string of the molecule is CC(C)n1ccc2c(I)cccc2c1=O. The summed E-state index contributed by atoms with van der Waals surface area (Å²) in [6.07, 6.45) is 1.87. The maximum Gasteiger partial charge on any atom is 0.258 e. The largest absolute Gasteiger partial charge is 0.312 e. The van der Waals surface area contributed by atoms with Crippen molar-refractivity contribution in [2.75, 3.05) is 0 Å². The second-order valence-corrected chi connectivity index (χ2v) is 4.99. The fraction of sp³-hybridized carbons (Fsp3) is 0.250. The van der Waals surface area contributed by atoms with Crippen LogP contribution in [0.15, 0.2) is 35.3 Å². The molecule has 1 aromatic carbocycles. The number of nitrogens with zero attached hydrogens (tertiary/aromatic N) is 1. The van der Waals surface area contributed by atoms with Gasteiger partial charge in [0, 0.05) is 26.6 Å². The third-order valence-corrected chi connectivity index (χ3v) is 3.42. The molecule has 0 aliphatic carbocycles. The summed E-state index contributed by atoms with van der Waals surface area (Å²) in [7, 11) is 0. The van der Waals surface area contributed by atoms with E-state index in [-0.39, 0.29) is 11.6 Å². The molecule has 0 fully saturated rings. The Morgan fingerprint density at radius 2 is 1.93 bits per heavy atom. The second kappa shape index (κ2) is 3.96. The molecule has 0 radical (unpaired) electrons. The lowest BCUT2D eigenvalue weighted by Crippen LogP contribution is -2.21. The van der Waals surface area contributed by atoms with Crippen molar-refractivity contribution in [3.8, 4) is 0 Å². The van der Waals surface area contributed by atoms with Gasteiger partial charge in [-0.25, -0.2) is 0 Å². The topological polar surface area (TPSA) is 22.0 Å². The lowest BCUT2D eigenvalue weighted by atomic mass is 10.1. The minimum absolute atomic E-state index is 0.0982. The Kier molecular flexibility index (Phi) is 2.82. The zero-order valence-electron chi connectivity index (χ0n) is 8.70. The van der Waals surface area contributed by atoms with Gasteiger partial charge in [0.2, 0.25) is 0 Å². The van der Waals surface area contributed by atoms with E-state index in [0.717, 1.165) is 14.3 Å². The third-order valence-electron chi connectivity index (χ3n) is 2.48. The van der Waals surface area contributed by atoms with Gasteiger partial charge in [-0.3, -0.25) is 4.79 Å². The highest BCUT2D eigenvalue weighted by molar-refractivity contribution is 14.1. The van der Waals surface area contributed by atoms with E-state index in [1.807, 2.05) is 44.3 Å². The molecule has 3 heteroatoms. The lowest BCUT2D eigenvalue weighted by molar-refractivity contribution is 0.582. The fourth-order valence-corrected chi connectivity index (χ4v) is 2.34. The maximum absolute atomic E-state index is 12.1. The summed E-state index contributed by atoms with van der Waals surface area (Å²) in [4.78, 5) is 12.1. The summed E-state index contributed by atoms with van der Waals surface area (Å²) in [6.45, 7) is 4.03. The molecular formula is C12H12INO. The van der Waals surface area contributed by atoms with Gasteiger partial charge in [-0.1, -0.05) is 6.07 Å². The molecule has 78 valence electrons. The minimum Gasteiger partial charge on any atom is -0.312 e.